The van der Waals surface area contributed by atoms with Crippen molar-refractivity contribution in [3.63, 3.8) is 0 Å². The Labute approximate surface area is 165 Å². The van der Waals surface area contributed by atoms with Crippen LogP contribution in [-0.2, 0) is 14.3 Å². The Kier molecular flexibility index (Phi) is 7.08. The molecule has 0 aliphatic rings. The number of hydrogen-bond acceptors (Lipinski definition) is 6. The number of nitrogens with one attached hydrogen (secondary N) is 1. The molecule has 0 saturated carbocycles. The Balaban J connectivity index is 1.85. The molecule has 0 heterocycles. The van der Waals surface area contributed by atoms with Crippen molar-refractivity contribution in [1.82, 2.24) is 0 Å². The van der Waals surface area contributed by atoms with Crippen LogP contribution in [0.3, 0.4) is 0 Å². The van der Waals surface area contributed by atoms with Gasteiger partial charge in [0.15, 0.2) is 13.2 Å². The van der Waals surface area contributed by atoms with Gasteiger partial charge < -0.3 is 14.8 Å². The van der Waals surface area contributed by atoms with Crippen molar-refractivity contribution in [2.24, 2.45) is 0 Å². The third kappa shape index (κ3) is 6.19. The fourth-order valence-electron chi connectivity index (χ4n) is 1.86. The van der Waals surface area contributed by atoms with Crippen LogP contribution < -0.4 is 10.1 Å². The lowest BCUT2D eigenvalue weighted by Crippen LogP contribution is -2.24. The van der Waals surface area contributed by atoms with Gasteiger partial charge in [0.1, 0.15) is 17.3 Å². The first-order valence-corrected chi connectivity index (χ1v) is 8.40. The van der Waals surface area contributed by atoms with E-state index >= 15 is 0 Å². The highest BCUT2D eigenvalue weighted by Gasteiger charge is 2.17. The molecule has 0 spiro atoms. The maximum atomic E-state index is 13.0. The van der Waals surface area contributed by atoms with Crippen molar-refractivity contribution in [2.45, 2.75) is 0 Å². The van der Waals surface area contributed by atoms with E-state index in [4.69, 9.17) is 21.1 Å². The molecule has 2 aromatic carbocycles. The maximum Gasteiger partial charge on any atom is 0.344 e. The molecule has 0 unspecified atom stereocenters. The quantitative estimate of drug-likeness (QED) is 0.383. The van der Waals surface area contributed by atoms with Gasteiger partial charge in [0.2, 0.25) is 0 Å². The SMILES string of the molecule is O=C(COC(=O)COc1ccc(F)cc1Br)Nc1ccc(Cl)cc1[N+](=O)[O-]. The Bertz CT molecular complexity index is 895. The first kappa shape index (κ1) is 20.6. The molecule has 0 bridgehead atoms. The zero-order chi connectivity index (χ0) is 20.0. The van der Waals surface area contributed by atoms with Crippen LogP contribution in [-0.4, -0.2) is 30.0 Å². The van der Waals surface area contributed by atoms with Gasteiger partial charge in [-0.05, 0) is 46.3 Å². The maximum absolute atomic E-state index is 13.0. The third-order valence-electron chi connectivity index (χ3n) is 3.03. The number of carbonyl (C=O) groups excluding carboxylic acids is 2. The second kappa shape index (κ2) is 9.28. The number of rotatable bonds is 7. The summed E-state index contributed by atoms with van der Waals surface area (Å²) in [4.78, 5) is 33.7. The zero-order valence-electron chi connectivity index (χ0n) is 13.4. The minimum atomic E-state index is -0.855. The van der Waals surface area contributed by atoms with Gasteiger partial charge in [-0.25, -0.2) is 9.18 Å². The molecule has 11 heteroatoms. The van der Waals surface area contributed by atoms with Crippen molar-refractivity contribution < 1.29 is 28.4 Å². The molecular formula is C16H11BrClFN2O6. The number of hydrogen-bond donors (Lipinski definition) is 1. The fraction of sp³-hybridized carbons (Fsp3) is 0.125. The summed E-state index contributed by atoms with van der Waals surface area (Å²) in [5, 5.41) is 13.3. The predicted octanol–water partition coefficient (Wildman–Crippen LogP) is 3.71. The van der Waals surface area contributed by atoms with Crippen molar-refractivity contribution >= 4 is 50.8 Å². The van der Waals surface area contributed by atoms with Gasteiger partial charge in [-0.15, -0.1) is 0 Å². The number of anilines is 1. The molecule has 0 aromatic heterocycles. The molecule has 0 aliphatic heterocycles. The number of nitro benzene ring substituents is 1. The first-order valence-electron chi connectivity index (χ1n) is 7.23. The molecule has 1 N–H and O–H groups in total. The van der Waals surface area contributed by atoms with E-state index in [0.29, 0.717) is 4.47 Å². The molecule has 0 aliphatic carbocycles. The van der Waals surface area contributed by atoms with Crippen molar-refractivity contribution in [3.05, 3.63) is 61.8 Å². The standard InChI is InChI=1S/C16H11BrClFN2O6/c17-11-6-10(19)2-4-14(11)26-8-16(23)27-7-15(22)20-12-3-1-9(18)5-13(12)21(24)25/h1-6H,7-8H2,(H,20,22). The lowest BCUT2D eigenvalue weighted by atomic mass is 10.2. The van der Waals surface area contributed by atoms with Gasteiger partial charge >= 0.3 is 5.97 Å². The largest absolute Gasteiger partial charge is 0.481 e. The highest BCUT2D eigenvalue weighted by molar-refractivity contribution is 9.10. The second-order valence-corrected chi connectivity index (χ2v) is 6.28. The van der Waals surface area contributed by atoms with E-state index in [1.165, 1.54) is 18.2 Å². The van der Waals surface area contributed by atoms with E-state index in [-0.39, 0.29) is 16.5 Å². The number of halogens is 3. The van der Waals surface area contributed by atoms with Crippen LogP contribution >= 0.6 is 27.5 Å². The number of carbonyl (C=O) groups is 2. The molecule has 0 saturated heterocycles. The number of benzene rings is 2. The summed E-state index contributed by atoms with van der Waals surface area (Å²) in [6.07, 6.45) is 0. The predicted molar refractivity (Wildman–Crippen MR) is 97.3 cm³/mol. The first-order chi connectivity index (χ1) is 12.8. The number of nitrogens with zero attached hydrogens (tertiary/aromatic N) is 1. The Hall–Kier alpha value is -2.72. The third-order valence-corrected chi connectivity index (χ3v) is 3.89. The molecule has 8 nitrogen and oxygen atoms in total. The molecule has 0 atom stereocenters. The summed E-state index contributed by atoms with van der Waals surface area (Å²) in [5.74, 6) is -1.90. The van der Waals surface area contributed by atoms with Gasteiger partial charge in [-0.3, -0.25) is 14.9 Å². The number of esters is 1. The van der Waals surface area contributed by atoms with Gasteiger partial charge in [0, 0.05) is 11.1 Å². The fourth-order valence-corrected chi connectivity index (χ4v) is 2.50. The number of ether oxygens (including phenoxy) is 2. The summed E-state index contributed by atoms with van der Waals surface area (Å²) in [6.45, 7) is -1.19. The van der Waals surface area contributed by atoms with E-state index in [9.17, 15) is 24.1 Å². The van der Waals surface area contributed by atoms with E-state index in [1.807, 2.05) is 0 Å². The average Bonchev–Trinajstić information content (AvgIpc) is 2.60. The molecule has 0 fully saturated rings. The summed E-state index contributed by atoms with van der Waals surface area (Å²) >= 11 is 8.75. The monoisotopic (exact) mass is 460 g/mol. The highest BCUT2D eigenvalue weighted by atomic mass is 79.9. The smallest absolute Gasteiger partial charge is 0.344 e. The summed E-state index contributed by atoms with van der Waals surface area (Å²) in [5.41, 5.74) is -0.483. The molecular weight excluding hydrogens is 451 g/mol. The van der Waals surface area contributed by atoms with E-state index in [2.05, 4.69) is 21.2 Å². The number of nitro groups is 1. The molecule has 2 aromatic rings. The van der Waals surface area contributed by atoms with Crippen molar-refractivity contribution in [1.29, 1.82) is 0 Å². The normalized spacial score (nSPS) is 10.2. The lowest BCUT2D eigenvalue weighted by molar-refractivity contribution is -0.383. The van der Waals surface area contributed by atoms with Crippen LogP contribution in [0.1, 0.15) is 0 Å². The minimum absolute atomic E-state index is 0.0862. The average molecular weight is 462 g/mol. The van der Waals surface area contributed by atoms with Gasteiger partial charge in [0.25, 0.3) is 11.6 Å². The molecule has 27 heavy (non-hydrogen) atoms. The van der Waals surface area contributed by atoms with Crippen LogP contribution in [0.4, 0.5) is 15.8 Å². The van der Waals surface area contributed by atoms with E-state index in [0.717, 1.165) is 18.2 Å². The van der Waals surface area contributed by atoms with Crippen LogP contribution in [0.15, 0.2) is 40.9 Å². The molecule has 2 rings (SSSR count). The molecule has 0 radical (unpaired) electrons. The zero-order valence-corrected chi connectivity index (χ0v) is 15.8. The highest BCUT2D eigenvalue weighted by Crippen LogP contribution is 2.28. The Morgan fingerprint density at radius 2 is 1.96 bits per heavy atom. The van der Waals surface area contributed by atoms with Crippen LogP contribution in [0.2, 0.25) is 5.02 Å². The lowest BCUT2D eigenvalue weighted by Gasteiger charge is -2.09. The van der Waals surface area contributed by atoms with Crippen LogP contribution in [0.5, 0.6) is 5.75 Å². The Morgan fingerprint density at radius 1 is 1.22 bits per heavy atom. The molecule has 142 valence electrons. The molecule has 1 amide bonds. The van der Waals surface area contributed by atoms with Crippen LogP contribution in [0, 0.1) is 15.9 Å². The second-order valence-electron chi connectivity index (χ2n) is 4.99. The van der Waals surface area contributed by atoms with Gasteiger partial charge in [-0.2, -0.15) is 0 Å². The minimum Gasteiger partial charge on any atom is -0.481 e. The van der Waals surface area contributed by atoms with E-state index < -0.39 is 41.5 Å². The van der Waals surface area contributed by atoms with E-state index in [1.54, 1.807) is 0 Å². The van der Waals surface area contributed by atoms with Crippen molar-refractivity contribution in [2.75, 3.05) is 18.5 Å². The number of amides is 1. The Morgan fingerprint density at radius 3 is 2.63 bits per heavy atom. The van der Waals surface area contributed by atoms with Gasteiger partial charge in [0.05, 0.1) is 9.40 Å². The summed E-state index contributed by atoms with van der Waals surface area (Å²) < 4.78 is 23.1. The van der Waals surface area contributed by atoms with Crippen LogP contribution in [0.25, 0.3) is 0 Å². The topological polar surface area (TPSA) is 108 Å². The van der Waals surface area contributed by atoms with Crippen molar-refractivity contribution in [3.8, 4) is 5.75 Å². The summed E-state index contributed by atoms with van der Waals surface area (Å²) in [7, 11) is 0. The van der Waals surface area contributed by atoms with Gasteiger partial charge in [-0.1, -0.05) is 11.6 Å². The summed E-state index contributed by atoms with van der Waals surface area (Å²) in [6, 6.07) is 7.33.